The molecule has 0 atom stereocenters. The van der Waals surface area contributed by atoms with Crippen molar-refractivity contribution in [1.82, 2.24) is 5.32 Å². The molecule has 2 N–H and O–H groups in total. The molecule has 0 fully saturated rings. The highest BCUT2D eigenvalue weighted by Crippen LogP contribution is 2.46. The van der Waals surface area contributed by atoms with Gasteiger partial charge in [-0.25, -0.2) is 8.42 Å². The van der Waals surface area contributed by atoms with Crippen molar-refractivity contribution in [3.63, 3.8) is 0 Å². The van der Waals surface area contributed by atoms with Crippen LogP contribution in [-0.2, 0) is 19.6 Å². The lowest BCUT2D eigenvalue weighted by Gasteiger charge is -2.26. The van der Waals surface area contributed by atoms with Gasteiger partial charge in [0.15, 0.2) is 0 Å². The van der Waals surface area contributed by atoms with E-state index >= 15 is 0 Å². The van der Waals surface area contributed by atoms with Gasteiger partial charge in [0.25, 0.3) is 5.91 Å². The number of rotatable bonds is 6. The summed E-state index contributed by atoms with van der Waals surface area (Å²) >= 11 is 0. The predicted octanol–water partition coefficient (Wildman–Crippen LogP) is 2.32. The number of hydrogen-bond donors (Lipinski definition) is 2. The Morgan fingerprint density at radius 2 is 1.81 bits per heavy atom. The molecule has 1 aromatic carbocycles. The van der Waals surface area contributed by atoms with Crippen molar-refractivity contribution in [2.45, 2.75) is 45.3 Å². The van der Waals surface area contributed by atoms with E-state index in [1.54, 1.807) is 45.9 Å². The Morgan fingerprint density at radius 1 is 1.23 bits per heavy atom. The normalized spacial score (nSPS) is 17.7. The Hall–Kier alpha value is -2.09. The summed E-state index contributed by atoms with van der Waals surface area (Å²) in [5.74, 6) is -1.35. The van der Waals surface area contributed by atoms with Crippen molar-refractivity contribution < 1.29 is 23.1 Å². The number of aliphatic carboxylic acids is 1. The van der Waals surface area contributed by atoms with Crippen LogP contribution in [0.4, 0.5) is 5.69 Å². The topological polar surface area (TPSA) is 104 Å². The number of anilines is 1. The first-order valence-corrected chi connectivity index (χ1v) is 10.0. The molecule has 0 bridgehead atoms. The van der Waals surface area contributed by atoms with Crippen LogP contribution in [0.15, 0.2) is 18.2 Å². The summed E-state index contributed by atoms with van der Waals surface area (Å²) in [5, 5.41) is 12.2. The van der Waals surface area contributed by atoms with Crippen molar-refractivity contribution in [3.8, 4) is 0 Å². The molecule has 1 heterocycles. The van der Waals surface area contributed by atoms with Crippen LogP contribution < -0.4 is 9.62 Å². The van der Waals surface area contributed by atoms with Crippen LogP contribution in [0.3, 0.4) is 0 Å². The fraction of sp³-hybridized carbons (Fsp3) is 0.556. The van der Waals surface area contributed by atoms with Gasteiger partial charge in [0.2, 0.25) is 10.0 Å². The fourth-order valence-corrected chi connectivity index (χ4v) is 4.82. The number of carboxylic acids is 1. The second-order valence-electron chi connectivity index (χ2n) is 7.19. The molecule has 0 spiro atoms. The Bertz CT molecular complexity index is 841. The second-order valence-corrected chi connectivity index (χ2v) is 9.71. The van der Waals surface area contributed by atoms with Crippen molar-refractivity contribution in [2.75, 3.05) is 17.9 Å². The number of hydrogen-bond acceptors (Lipinski definition) is 4. The van der Waals surface area contributed by atoms with Gasteiger partial charge in [0.1, 0.15) is 4.75 Å². The van der Waals surface area contributed by atoms with Gasteiger partial charge in [-0.1, -0.05) is 13.8 Å². The zero-order chi connectivity index (χ0) is 19.9. The number of amides is 1. The highest BCUT2D eigenvalue weighted by atomic mass is 32.2. The molecule has 1 aliphatic rings. The molecule has 8 heteroatoms. The van der Waals surface area contributed by atoms with Crippen molar-refractivity contribution in [3.05, 3.63) is 29.3 Å². The molecular formula is C18H26N2O5S. The lowest BCUT2D eigenvalue weighted by Crippen LogP contribution is -2.42. The summed E-state index contributed by atoms with van der Waals surface area (Å²) < 4.78 is 25.1. The third kappa shape index (κ3) is 2.86. The van der Waals surface area contributed by atoms with E-state index in [9.17, 15) is 23.1 Å². The van der Waals surface area contributed by atoms with Crippen molar-refractivity contribution >= 4 is 27.6 Å². The van der Waals surface area contributed by atoms with Crippen LogP contribution in [-0.4, -0.2) is 39.0 Å². The number of carbonyl (C=O) groups excluding carboxylic acids is 1. The van der Waals surface area contributed by atoms with E-state index in [1.165, 1.54) is 11.4 Å². The molecule has 0 aromatic heterocycles. The molecule has 26 heavy (non-hydrogen) atoms. The SMILES string of the molecule is CCC(CC)(CNC(=O)c1ccc2c(c1)C(C)(C)S(=O)(=O)N2C)C(=O)O. The minimum absolute atomic E-state index is 0.0207. The smallest absolute Gasteiger partial charge is 0.311 e. The molecule has 1 aliphatic heterocycles. The molecule has 0 saturated heterocycles. The lowest BCUT2D eigenvalue weighted by atomic mass is 9.82. The molecule has 1 amide bonds. The number of sulfonamides is 1. The lowest BCUT2D eigenvalue weighted by molar-refractivity contribution is -0.149. The molecule has 0 unspecified atom stereocenters. The number of benzene rings is 1. The largest absolute Gasteiger partial charge is 0.481 e. The average Bonchev–Trinajstić information content (AvgIpc) is 2.73. The van der Waals surface area contributed by atoms with Crippen LogP contribution in [0, 0.1) is 5.41 Å². The third-order valence-electron chi connectivity index (χ3n) is 5.65. The number of fused-ring (bicyclic) bond motifs is 1. The third-order valence-corrected chi connectivity index (χ3v) is 8.07. The van der Waals surface area contributed by atoms with Gasteiger partial charge in [-0.2, -0.15) is 0 Å². The Balaban J connectivity index is 2.30. The molecular weight excluding hydrogens is 356 g/mol. The quantitative estimate of drug-likeness (QED) is 0.786. The van der Waals surface area contributed by atoms with Gasteiger partial charge in [-0.15, -0.1) is 0 Å². The zero-order valence-electron chi connectivity index (χ0n) is 15.8. The second kappa shape index (κ2) is 6.57. The summed E-state index contributed by atoms with van der Waals surface area (Å²) in [4.78, 5) is 24.1. The van der Waals surface area contributed by atoms with Crippen LogP contribution >= 0.6 is 0 Å². The van der Waals surface area contributed by atoms with E-state index in [1.807, 2.05) is 0 Å². The average molecular weight is 382 g/mol. The van der Waals surface area contributed by atoms with Gasteiger partial charge in [-0.05, 0) is 50.5 Å². The van der Waals surface area contributed by atoms with Crippen LogP contribution in [0.25, 0.3) is 0 Å². The predicted molar refractivity (Wildman–Crippen MR) is 99.8 cm³/mol. The zero-order valence-corrected chi connectivity index (χ0v) is 16.6. The van der Waals surface area contributed by atoms with E-state index in [2.05, 4.69) is 5.32 Å². The molecule has 144 valence electrons. The van der Waals surface area contributed by atoms with Crippen LogP contribution in [0.5, 0.6) is 0 Å². The standard InChI is InChI=1S/C18H26N2O5S/c1-6-18(7-2,16(22)23)11-19-15(21)12-8-9-14-13(10-12)17(3,4)26(24,25)20(14)5/h8-10H,6-7,11H2,1-5H3,(H,19,21)(H,22,23). The van der Waals surface area contributed by atoms with Crippen LogP contribution in [0.2, 0.25) is 0 Å². The van der Waals surface area contributed by atoms with Gasteiger partial charge in [0, 0.05) is 19.2 Å². The molecule has 2 rings (SSSR count). The summed E-state index contributed by atoms with van der Waals surface area (Å²) in [6, 6.07) is 4.74. The van der Waals surface area contributed by atoms with E-state index in [0.717, 1.165) is 0 Å². The maximum Gasteiger partial charge on any atom is 0.311 e. The number of carbonyl (C=O) groups is 2. The molecule has 1 aromatic rings. The Kier molecular flexibility index (Phi) is 5.11. The number of carboxylic acid groups (broad SMARTS) is 1. The Labute approximate surface area is 154 Å². The molecule has 0 radical (unpaired) electrons. The summed E-state index contributed by atoms with van der Waals surface area (Å²) in [7, 11) is -2.04. The van der Waals surface area contributed by atoms with Gasteiger partial charge < -0.3 is 10.4 Å². The number of nitrogens with one attached hydrogen (secondary N) is 1. The highest BCUT2D eigenvalue weighted by molar-refractivity contribution is 7.94. The summed E-state index contributed by atoms with van der Waals surface area (Å²) in [6.07, 6.45) is 0.804. The maximum atomic E-state index is 12.5. The Morgan fingerprint density at radius 3 is 2.31 bits per heavy atom. The van der Waals surface area contributed by atoms with E-state index in [-0.39, 0.29) is 6.54 Å². The van der Waals surface area contributed by atoms with Gasteiger partial charge in [-0.3, -0.25) is 13.9 Å². The van der Waals surface area contributed by atoms with Crippen molar-refractivity contribution in [1.29, 1.82) is 0 Å². The first kappa shape index (κ1) is 20.2. The van der Waals surface area contributed by atoms with Crippen LogP contribution in [0.1, 0.15) is 56.5 Å². The minimum atomic E-state index is -3.54. The van der Waals surface area contributed by atoms with Gasteiger partial charge >= 0.3 is 5.97 Å². The van der Waals surface area contributed by atoms with Crippen molar-refractivity contribution in [2.24, 2.45) is 5.41 Å². The first-order valence-electron chi connectivity index (χ1n) is 8.59. The van der Waals surface area contributed by atoms with E-state index in [4.69, 9.17) is 0 Å². The van der Waals surface area contributed by atoms with E-state index in [0.29, 0.717) is 29.7 Å². The minimum Gasteiger partial charge on any atom is -0.481 e. The number of nitrogens with zero attached hydrogens (tertiary/aromatic N) is 1. The van der Waals surface area contributed by atoms with E-state index < -0.39 is 32.1 Å². The van der Waals surface area contributed by atoms with Gasteiger partial charge in [0.05, 0.1) is 11.1 Å². The monoisotopic (exact) mass is 382 g/mol. The first-order chi connectivity index (χ1) is 11.9. The maximum absolute atomic E-state index is 12.5. The molecule has 0 aliphatic carbocycles. The summed E-state index contributed by atoms with van der Waals surface area (Å²) in [6.45, 7) is 6.80. The molecule has 0 saturated carbocycles. The molecule has 7 nitrogen and oxygen atoms in total. The summed E-state index contributed by atoms with van der Waals surface area (Å²) in [5.41, 5.74) is 0.417. The fourth-order valence-electron chi connectivity index (χ4n) is 3.27. The highest BCUT2D eigenvalue weighted by Gasteiger charge is 2.48.